The topological polar surface area (TPSA) is 72.5 Å². The molecule has 1 N–H and O–H groups in total. The van der Waals surface area contributed by atoms with Gasteiger partial charge in [-0.2, -0.15) is 0 Å². The van der Waals surface area contributed by atoms with E-state index < -0.39 is 35.6 Å². The quantitative estimate of drug-likeness (QED) is 0.683. The lowest BCUT2D eigenvalue weighted by atomic mass is 9.99. The summed E-state index contributed by atoms with van der Waals surface area (Å²) in [5.41, 5.74) is 1.15. The Morgan fingerprint density at radius 2 is 1.92 bits per heavy atom. The smallest absolute Gasteiger partial charge is 0.341 e. The number of hydrogen-bond donors (Lipinski definition) is 1. The molecule has 0 fully saturated rings. The number of rotatable bonds is 4. The number of halogens is 2. The average molecular weight is 345 g/mol. The Bertz CT molecular complexity index is 895. The van der Waals surface area contributed by atoms with Crippen LogP contribution in [-0.4, -0.2) is 24.3 Å². The van der Waals surface area contributed by atoms with Crippen molar-refractivity contribution >= 4 is 23.3 Å². The summed E-state index contributed by atoms with van der Waals surface area (Å²) in [6.07, 6.45) is 0. The lowest BCUT2D eigenvalue weighted by molar-refractivity contribution is -0.116. The number of benzene rings is 2. The molecule has 0 unspecified atom stereocenters. The number of carbonyl (C=O) groups excluding carboxylic acids is 3. The number of anilines is 1. The van der Waals surface area contributed by atoms with Crippen LogP contribution in [0.15, 0.2) is 36.4 Å². The summed E-state index contributed by atoms with van der Waals surface area (Å²) in [5.74, 6) is -3.97. The minimum atomic E-state index is -1.06. The van der Waals surface area contributed by atoms with Crippen LogP contribution in [0, 0.1) is 11.6 Å². The highest BCUT2D eigenvalue weighted by atomic mass is 19.1. The lowest BCUT2D eigenvalue weighted by Gasteiger charge is -2.07. The lowest BCUT2D eigenvalue weighted by Crippen LogP contribution is -2.15. The third kappa shape index (κ3) is 3.26. The molecule has 5 nitrogen and oxygen atoms in total. The van der Waals surface area contributed by atoms with E-state index in [1.54, 1.807) is 19.1 Å². The number of nitrogens with one attached hydrogen (secondary N) is 1. The van der Waals surface area contributed by atoms with Crippen LogP contribution >= 0.6 is 0 Å². The molecule has 0 spiro atoms. The van der Waals surface area contributed by atoms with Gasteiger partial charge in [0.1, 0.15) is 11.6 Å². The first-order valence-corrected chi connectivity index (χ1v) is 7.47. The Hall–Kier alpha value is -3.09. The number of fused-ring (bicyclic) bond motifs is 1. The Morgan fingerprint density at radius 1 is 1.16 bits per heavy atom. The van der Waals surface area contributed by atoms with E-state index in [-0.39, 0.29) is 17.4 Å². The number of carbonyl (C=O) groups is 3. The average Bonchev–Trinajstić information content (AvgIpc) is 2.86. The minimum absolute atomic E-state index is 0.155. The van der Waals surface area contributed by atoms with E-state index in [2.05, 4.69) is 5.32 Å². The van der Waals surface area contributed by atoms with Gasteiger partial charge in [0.15, 0.2) is 12.4 Å². The van der Waals surface area contributed by atoms with Crippen LogP contribution in [0.2, 0.25) is 0 Å². The number of ether oxygens (including phenoxy) is 1. The number of amides is 1. The van der Waals surface area contributed by atoms with Gasteiger partial charge in [0, 0.05) is 17.3 Å². The normalized spacial score (nSPS) is 15.5. The largest absolute Gasteiger partial charge is 0.454 e. The van der Waals surface area contributed by atoms with Crippen molar-refractivity contribution in [3.8, 4) is 0 Å². The molecular weight excluding hydrogens is 332 g/mol. The summed E-state index contributed by atoms with van der Waals surface area (Å²) in [5, 5.41) is 2.69. The Morgan fingerprint density at radius 3 is 2.64 bits per heavy atom. The number of hydrogen-bond acceptors (Lipinski definition) is 4. The van der Waals surface area contributed by atoms with E-state index in [4.69, 9.17) is 4.74 Å². The molecule has 2 aromatic carbocycles. The first-order chi connectivity index (χ1) is 11.9. The van der Waals surface area contributed by atoms with Crippen molar-refractivity contribution in [1.29, 1.82) is 0 Å². The first kappa shape index (κ1) is 16.8. The molecule has 1 aliphatic rings. The second-order valence-corrected chi connectivity index (χ2v) is 5.64. The molecule has 7 heteroatoms. The molecule has 0 bridgehead atoms. The predicted molar refractivity (Wildman–Crippen MR) is 84.5 cm³/mol. The van der Waals surface area contributed by atoms with Crippen molar-refractivity contribution in [3.63, 3.8) is 0 Å². The molecular formula is C18H13F2NO4. The number of Topliss-reactive ketones (excluding diaryl/α,β-unsaturated/α-hetero) is 1. The molecule has 0 saturated carbocycles. The van der Waals surface area contributed by atoms with Crippen molar-refractivity contribution in [2.24, 2.45) is 0 Å². The molecule has 128 valence electrons. The first-order valence-electron chi connectivity index (χ1n) is 7.47. The summed E-state index contributed by atoms with van der Waals surface area (Å²) in [6, 6.07) is 7.10. The molecule has 3 rings (SSSR count). The third-order valence-corrected chi connectivity index (χ3v) is 3.98. The Balaban J connectivity index is 1.69. The summed E-state index contributed by atoms with van der Waals surface area (Å²) < 4.78 is 31.2. The van der Waals surface area contributed by atoms with Crippen LogP contribution in [0.25, 0.3) is 0 Å². The van der Waals surface area contributed by atoms with Gasteiger partial charge in [0.05, 0.1) is 11.5 Å². The van der Waals surface area contributed by atoms with Crippen LogP contribution in [0.4, 0.5) is 14.5 Å². The molecule has 1 aliphatic heterocycles. The molecule has 1 atom stereocenters. The van der Waals surface area contributed by atoms with Crippen LogP contribution in [0.1, 0.15) is 39.1 Å². The fourth-order valence-corrected chi connectivity index (χ4v) is 2.54. The highest BCUT2D eigenvalue weighted by Gasteiger charge is 2.27. The number of ketones is 1. The molecule has 2 aromatic rings. The summed E-state index contributed by atoms with van der Waals surface area (Å²) in [7, 11) is 0. The molecule has 1 amide bonds. The van der Waals surface area contributed by atoms with Gasteiger partial charge in [-0.05, 0) is 42.8 Å². The number of esters is 1. The van der Waals surface area contributed by atoms with Gasteiger partial charge in [-0.15, -0.1) is 0 Å². The van der Waals surface area contributed by atoms with Crippen LogP contribution in [-0.2, 0) is 9.53 Å². The molecule has 0 aromatic heterocycles. The Labute approximate surface area is 141 Å². The fraction of sp³-hybridized carbons (Fsp3) is 0.167. The molecule has 0 aliphatic carbocycles. The monoisotopic (exact) mass is 345 g/mol. The van der Waals surface area contributed by atoms with E-state index in [0.717, 1.165) is 12.1 Å². The summed E-state index contributed by atoms with van der Waals surface area (Å²) >= 11 is 0. The standard InChI is InChI=1S/C18H13F2NO4/c1-9-13-6-10(2-5-15(13)21-17(9)23)16(22)8-25-18(24)12-4-3-11(19)7-14(12)20/h2-7,9H,8H2,1H3,(H,21,23)/t9-/m0/s1. The molecule has 0 saturated heterocycles. The second-order valence-electron chi connectivity index (χ2n) is 5.64. The van der Waals surface area contributed by atoms with Gasteiger partial charge < -0.3 is 10.1 Å². The van der Waals surface area contributed by atoms with Gasteiger partial charge in [-0.3, -0.25) is 9.59 Å². The van der Waals surface area contributed by atoms with E-state index in [1.165, 1.54) is 6.07 Å². The predicted octanol–water partition coefficient (Wildman–Crippen LogP) is 3.06. The summed E-state index contributed by atoms with van der Waals surface area (Å²) in [6.45, 7) is 1.12. The van der Waals surface area contributed by atoms with E-state index in [1.807, 2.05) is 0 Å². The van der Waals surface area contributed by atoms with Crippen molar-refractivity contribution in [3.05, 3.63) is 64.7 Å². The second kappa shape index (κ2) is 6.43. The minimum Gasteiger partial charge on any atom is -0.454 e. The highest BCUT2D eigenvalue weighted by molar-refractivity contribution is 6.05. The van der Waals surface area contributed by atoms with Crippen molar-refractivity contribution in [2.75, 3.05) is 11.9 Å². The van der Waals surface area contributed by atoms with E-state index in [9.17, 15) is 23.2 Å². The van der Waals surface area contributed by atoms with Crippen LogP contribution in [0.3, 0.4) is 0 Å². The van der Waals surface area contributed by atoms with Crippen LogP contribution < -0.4 is 5.32 Å². The maximum absolute atomic E-state index is 13.5. The van der Waals surface area contributed by atoms with E-state index in [0.29, 0.717) is 17.3 Å². The maximum Gasteiger partial charge on any atom is 0.341 e. The zero-order valence-corrected chi connectivity index (χ0v) is 13.1. The van der Waals surface area contributed by atoms with Gasteiger partial charge in [-0.1, -0.05) is 0 Å². The van der Waals surface area contributed by atoms with Crippen molar-refractivity contribution in [1.82, 2.24) is 0 Å². The van der Waals surface area contributed by atoms with Gasteiger partial charge >= 0.3 is 5.97 Å². The highest BCUT2D eigenvalue weighted by Crippen LogP contribution is 2.32. The van der Waals surface area contributed by atoms with Crippen LogP contribution in [0.5, 0.6) is 0 Å². The van der Waals surface area contributed by atoms with Gasteiger partial charge in [0.25, 0.3) is 0 Å². The molecule has 1 heterocycles. The zero-order chi connectivity index (χ0) is 18.1. The van der Waals surface area contributed by atoms with Gasteiger partial charge in [-0.25, -0.2) is 13.6 Å². The molecule has 25 heavy (non-hydrogen) atoms. The van der Waals surface area contributed by atoms with Crippen molar-refractivity contribution in [2.45, 2.75) is 12.8 Å². The van der Waals surface area contributed by atoms with E-state index >= 15 is 0 Å². The Kier molecular flexibility index (Phi) is 4.31. The van der Waals surface area contributed by atoms with Gasteiger partial charge in [0.2, 0.25) is 5.91 Å². The van der Waals surface area contributed by atoms with Crippen molar-refractivity contribution < 1.29 is 27.9 Å². The summed E-state index contributed by atoms with van der Waals surface area (Å²) in [4.78, 5) is 35.6. The molecule has 0 radical (unpaired) electrons. The third-order valence-electron chi connectivity index (χ3n) is 3.98. The SMILES string of the molecule is C[C@@H]1C(=O)Nc2ccc(C(=O)COC(=O)c3ccc(F)cc3F)cc21. The maximum atomic E-state index is 13.5. The fourth-order valence-electron chi connectivity index (χ4n) is 2.54. The zero-order valence-electron chi connectivity index (χ0n) is 13.1.